The maximum Gasteiger partial charge on any atom is 0.220 e. The number of hydrogen-bond donors (Lipinski definition) is 6. The van der Waals surface area contributed by atoms with Crippen molar-refractivity contribution in [1.29, 1.82) is 0 Å². The summed E-state index contributed by atoms with van der Waals surface area (Å²) in [6.45, 7) is 3.76. The van der Waals surface area contributed by atoms with E-state index < -0.39 is 49.5 Å². The predicted octanol–water partition coefficient (Wildman–Crippen LogP) is 9.11. The molecule has 0 aromatic heterocycles. The Morgan fingerprint density at radius 2 is 1.04 bits per heavy atom. The zero-order valence-electron chi connectivity index (χ0n) is 34.7. The lowest BCUT2D eigenvalue weighted by Crippen LogP contribution is -2.60. The Labute approximate surface area is 330 Å². The minimum absolute atomic E-state index is 0.186. The lowest BCUT2D eigenvalue weighted by molar-refractivity contribution is -0.302. The lowest BCUT2D eigenvalue weighted by atomic mass is 9.99. The predicted molar refractivity (Wildman–Crippen MR) is 221 cm³/mol. The quantitative estimate of drug-likeness (QED) is 0.0271. The third-order valence-corrected chi connectivity index (χ3v) is 10.8. The van der Waals surface area contributed by atoms with Crippen molar-refractivity contribution in [1.82, 2.24) is 5.32 Å². The summed E-state index contributed by atoms with van der Waals surface area (Å²) in [6, 6.07) is -0.805. The van der Waals surface area contributed by atoms with Crippen LogP contribution in [0.4, 0.5) is 0 Å². The Morgan fingerprint density at radius 3 is 1.50 bits per heavy atom. The SMILES string of the molecule is CCCCCCCCC/C=C\CCCCCCCC(=O)NC(COC1OC(CO)C(O)C(O)C1O)C(O)/C=C/CCCCCCCCCCCCCCC. The maximum absolute atomic E-state index is 12.9. The summed E-state index contributed by atoms with van der Waals surface area (Å²) in [4.78, 5) is 12.9. The van der Waals surface area contributed by atoms with Gasteiger partial charge < -0.3 is 40.3 Å². The van der Waals surface area contributed by atoms with E-state index in [9.17, 15) is 30.3 Å². The highest BCUT2D eigenvalue weighted by Gasteiger charge is 2.44. The second kappa shape index (κ2) is 36.0. The van der Waals surface area contributed by atoms with Crippen molar-refractivity contribution < 1.29 is 39.8 Å². The first kappa shape index (κ1) is 50.7. The number of aliphatic hydroxyl groups is 5. The van der Waals surface area contributed by atoms with Gasteiger partial charge in [-0.2, -0.15) is 0 Å². The number of carbonyl (C=O) groups is 1. The number of rotatable bonds is 37. The van der Waals surface area contributed by atoms with E-state index in [-0.39, 0.29) is 12.5 Å². The van der Waals surface area contributed by atoms with Gasteiger partial charge in [0, 0.05) is 6.42 Å². The summed E-state index contributed by atoms with van der Waals surface area (Å²) >= 11 is 0. The third kappa shape index (κ3) is 26.5. The highest BCUT2D eigenvalue weighted by atomic mass is 16.7. The molecule has 0 aromatic rings. The van der Waals surface area contributed by atoms with Gasteiger partial charge in [-0.3, -0.25) is 4.79 Å². The number of nitrogens with one attached hydrogen (secondary N) is 1. The van der Waals surface area contributed by atoms with Gasteiger partial charge in [-0.1, -0.05) is 173 Å². The minimum Gasteiger partial charge on any atom is -0.394 e. The van der Waals surface area contributed by atoms with Crippen molar-refractivity contribution in [3.8, 4) is 0 Å². The summed E-state index contributed by atoms with van der Waals surface area (Å²) in [5.74, 6) is -0.186. The maximum atomic E-state index is 12.9. The van der Waals surface area contributed by atoms with Gasteiger partial charge in [0.1, 0.15) is 24.4 Å². The summed E-state index contributed by atoms with van der Waals surface area (Å²) in [5.41, 5.74) is 0. The van der Waals surface area contributed by atoms with Crippen LogP contribution in [0.1, 0.15) is 200 Å². The van der Waals surface area contributed by atoms with Crippen molar-refractivity contribution in [2.75, 3.05) is 13.2 Å². The fourth-order valence-electron chi connectivity index (χ4n) is 7.09. The van der Waals surface area contributed by atoms with E-state index in [1.807, 2.05) is 6.08 Å². The molecule has 0 saturated carbocycles. The number of ether oxygens (including phenoxy) is 2. The Bertz CT molecular complexity index is 899. The molecule has 318 valence electrons. The molecule has 1 amide bonds. The largest absolute Gasteiger partial charge is 0.394 e. The lowest BCUT2D eigenvalue weighted by Gasteiger charge is -2.40. The van der Waals surface area contributed by atoms with Gasteiger partial charge in [0.15, 0.2) is 6.29 Å². The fraction of sp³-hybridized carbons (Fsp3) is 0.889. The Morgan fingerprint density at radius 1 is 0.611 bits per heavy atom. The van der Waals surface area contributed by atoms with E-state index in [2.05, 4.69) is 31.3 Å². The molecule has 1 aliphatic rings. The van der Waals surface area contributed by atoms with Gasteiger partial charge in [-0.25, -0.2) is 0 Å². The Kier molecular flexibility index (Phi) is 33.8. The molecule has 6 N–H and O–H groups in total. The van der Waals surface area contributed by atoms with Crippen LogP contribution in [0.5, 0.6) is 0 Å². The standard InChI is InChI=1S/C45H85NO8/c1-3-5-7-9-11-13-15-17-19-21-23-25-27-29-31-33-35-41(49)46-38(37-53-45-44(52)43(51)42(50)40(36-47)54-45)39(48)34-32-30-28-26-24-22-20-18-16-14-12-10-8-6-4-2/h19,21,32,34,38-40,42-45,47-48,50-52H,3-18,20,22-31,33,35-37H2,1-2H3,(H,46,49)/b21-19-,34-32+. The third-order valence-electron chi connectivity index (χ3n) is 10.8. The minimum atomic E-state index is -1.56. The fourth-order valence-corrected chi connectivity index (χ4v) is 7.09. The molecule has 0 bridgehead atoms. The molecule has 7 atom stereocenters. The monoisotopic (exact) mass is 768 g/mol. The zero-order valence-corrected chi connectivity index (χ0v) is 34.7. The van der Waals surface area contributed by atoms with E-state index in [1.54, 1.807) is 6.08 Å². The smallest absolute Gasteiger partial charge is 0.220 e. The number of hydrogen-bond acceptors (Lipinski definition) is 8. The summed E-state index contributed by atoms with van der Waals surface area (Å²) in [5, 5.41) is 54.1. The normalized spacial score (nSPS) is 21.6. The molecule has 9 heteroatoms. The molecule has 54 heavy (non-hydrogen) atoms. The zero-order chi connectivity index (χ0) is 39.5. The van der Waals surface area contributed by atoms with Gasteiger partial charge in [0.05, 0.1) is 25.4 Å². The van der Waals surface area contributed by atoms with Crippen LogP contribution in [0.25, 0.3) is 0 Å². The average molecular weight is 768 g/mol. The molecule has 1 fully saturated rings. The van der Waals surface area contributed by atoms with Crippen LogP contribution in [0, 0.1) is 0 Å². The highest BCUT2D eigenvalue weighted by molar-refractivity contribution is 5.76. The molecule has 1 heterocycles. The van der Waals surface area contributed by atoms with Crippen molar-refractivity contribution in [3.05, 3.63) is 24.3 Å². The molecule has 1 saturated heterocycles. The number of aliphatic hydroxyl groups excluding tert-OH is 5. The van der Waals surface area contributed by atoms with E-state index in [4.69, 9.17) is 9.47 Å². The molecule has 0 aliphatic carbocycles. The van der Waals surface area contributed by atoms with Crippen LogP contribution < -0.4 is 5.32 Å². The van der Waals surface area contributed by atoms with Gasteiger partial charge in [0.25, 0.3) is 0 Å². The average Bonchev–Trinajstić information content (AvgIpc) is 3.17. The van der Waals surface area contributed by atoms with Crippen LogP contribution in [0.3, 0.4) is 0 Å². The molecule has 9 nitrogen and oxygen atoms in total. The molecular formula is C45H85NO8. The topological polar surface area (TPSA) is 149 Å². The first-order valence-electron chi connectivity index (χ1n) is 22.6. The number of carbonyl (C=O) groups excluding carboxylic acids is 1. The molecule has 0 aromatic carbocycles. The van der Waals surface area contributed by atoms with Gasteiger partial charge >= 0.3 is 0 Å². The summed E-state index contributed by atoms with van der Waals surface area (Å²) in [7, 11) is 0. The van der Waals surface area contributed by atoms with Gasteiger partial charge in [-0.05, 0) is 44.9 Å². The molecule has 1 aliphatic heterocycles. The van der Waals surface area contributed by atoms with Crippen LogP contribution in [-0.4, -0.2) is 87.5 Å². The highest BCUT2D eigenvalue weighted by Crippen LogP contribution is 2.22. The van der Waals surface area contributed by atoms with Crippen LogP contribution in [0.15, 0.2) is 24.3 Å². The molecule has 1 rings (SSSR count). The van der Waals surface area contributed by atoms with E-state index in [1.165, 1.54) is 122 Å². The molecule has 0 spiro atoms. The van der Waals surface area contributed by atoms with Crippen molar-refractivity contribution >= 4 is 5.91 Å². The molecule has 7 unspecified atom stereocenters. The van der Waals surface area contributed by atoms with Crippen LogP contribution in [-0.2, 0) is 14.3 Å². The molecule has 0 radical (unpaired) electrons. The second-order valence-electron chi connectivity index (χ2n) is 15.8. The first-order chi connectivity index (χ1) is 26.3. The number of amides is 1. The summed E-state index contributed by atoms with van der Waals surface area (Å²) in [6.07, 6.45) is 35.0. The molecular weight excluding hydrogens is 682 g/mol. The van der Waals surface area contributed by atoms with Crippen molar-refractivity contribution in [3.63, 3.8) is 0 Å². The second-order valence-corrected chi connectivity index (χ2v) is 15.8. The first-order valence-corrected chi connectivity index (χ1v) is 22.6. The van der Waals surface area contributed by atoms with Crippen molar-refractivity contribution in [2.24, 2.45) is 0 Å². The van der Waals surface area contributed by atoms with E-state index in [0.29, 0.717) is 6.42 Å². The van der Waals surface area contributed by atoms with Crippen LogP contribution >= 0.6 is 0 Å². The van der Waals surface area contributed by atoms with Gasteiger partial charge in [-0.15, -0.1) is 0 Å². The van der Waals surface area contributed by atoms with E-state index >= 15 is 0 Å². The van der Waals surface area contributed by atoms with Gasteiger partial charge in [0.2, 0.25) is 5.91 Å². The Hall–Kier alpha value is -1.33. The van der Waals surface area contributed by atoms with Crippen molar-refractivity contribution in [2.45, 2.75) is 243 Å². The Balaban J connectivity index is 2.38. The number of allylic oxidation sites excluding steroid dienone is 3. The summed E-state index contributed by atoms with van der Waals surface area (Å²) < 4.78 is 11.2. The van der Waals surface area contributed by atoms with Crippen LogP contribution in [0.2, 0.25) is 0 Å². The van der Waals surface area contributed by atoms with E-state index in [0.717, 1.165) is 57.8 Å². The number of unbranched alkanes of at least 4 members (excludes halogenated alkanes) is 25.